The maximum Gasteiger partial charge on any atom is 0.258 e. The zero-order valence-electron chi connectivity index (χ0n) is 46.9. The molecule has 3 aromatic heterocycles. The zero-order valence-corrected chi connectivity index (χ0v) is 49.3. The number of rotatable bonds is 13. The Hall–Kier alpha value is -9.10. The van der Waals surface area contributed by atoms with E-state index in [0.717, 1.165) is 62.7 Å². The third kappa shape index (κ3) is 12.0. The number of ether oxygens (including phenoxy) is 2. The van der Waals surface area contributed by atoms with Gasteiger partial charge in [-0.1, -0.05) is 41.9 Å². The van der Waals surface area contributed by atoms with E-state index < -0.39 is 32.7 Å². The van der Waals surface area contributed by atoms with Crippen LogP contribution in [-0.4, -0.2) is 104 Å². The van der Waals surface area contributed by atoms with E-state index in [4.69, 9.17) is 21.1 Å². The average molecular weight is 1250 g/mol. The summed E-state index contributed by atoms with van der Waals surface area (Å²) in [5.41, 5.74) is 7.75. The molecule has 450 valence electrons. The maximum absolute atomic E-state index is 13.3. The van der Waals surface area contributed by atoms with Gasteiger partial charge >= 0.3 is 0 Å². The van der Waals surface area contributed by atoms with Gasteiger partial charge in [0.2, 0.25) is 10.0 Å². The van der Waals surface area contributed by atoms with Crippen LogP contribution in [0.15, 0.2) is 104 Å². The number of nitrogens with one attached hydrogen (secondary N) is 2. The van der Waals surface area contributed by atoms with Crippen molar-refractivity contribution in [3.8, 4) is 28.7 Å². The fraction of sp³-hybridized carbons (Fsp3) is 0.226. The second-order valence-corrected chi connectivity index (χ2v) is 24.9. The van der Waals surface area contributed by atoms with Crippen molar-refractivity contribution in [2.24, 2.45) is 5.92 Å². The van der Waals surface area contributed by atoms with E-state index in [-0.39, 0.29) is 91.0 Å². The summed E-state index contributed by atoms with van der Waals surface area (Å²) < 4.78 is 89.0. The van der Waals surface area contributed by atoms with Gasteiger partial charge in [0.1, 0.15) is 56.5 Å². The van der Waals surface area contributed by atoms with Crippen molar-refractivity contribution in [1.82, 2.24) is 30.5 Å². The first-order chi connectivity index (χ1) is 41.1. The van der Waals surface area contributed by atoms with Crippen LogP contribution in [0.2, 0.25) is 5.02 Å². The summed E-state index contributed by atoms with van der Waals surface area (Å²) in [7, 11) is -2.88. The molecule has 1 fully saturated rings. The number of amides is 3. The monoisotopic (exact) mass is 1250 g/mol. The number of phenols is 3. The lowest BCUT2D eigenvalue weighted by molar-refractivity contribution is 0.0768. The lowest BCUT2D eigenvalue weighted by Gasteiger charge is -2.24. The molecule has 1 unspecified atom stereocenters. The number of nitrogens with zero attached hydrogens (tertiary/aromatic N) is 5. The molecule has 6 heterocycles. The number of aromatic nitrogens is 3. The Bertz CT molecular complexity index is 4450. The molecule has 0 bridgehead atoms. The smallest absolute Gasteiger partial charge is 0.258 e. The van der Waals surface area contributed by atoms with Crippen molar-refractivity contribution >= 4 is 88.7 Å². The summed E-state index contributed by atoms with van der Waals surface area (Å²) in [4.78, 5) is 52.0. The van der Waals surface area contributed by atoms with Crippen LogP contribution in [-0.2, 0) is 59.9 Å². The molecule has 0 spiro atoms. The third-order valence-electron chi connectivity index (χ3n) is 15.2. The highest BCUT2D eigenvalue weighted by Crippen LogP contribution is 2.47. The molecule has 19 nitrogen and oxygen atoms in total. The molecule has 13 rings (SSSR count). The van der Waals surface area contributed by atoms with Crippen LogP contribution in [0.4, 0.5) is 18.9 Å². The van der Waals surface area contributed by atoms with E-state index in [1.54, 1.807) is 66.9 Å². The van der Waals surface area contributed by atoms with Crippen LogP contribution in [0, 0.1) is 23.4 Å². The first-order valence-electron chi connectivity index (χ1n) is 26.8. The van der Waals surface area contributed by atoms with Gasteiger partial charge in [-0.2, -0.15) is 3.71 Å². The number of hydrogen-bond acceptors (Lipinski definition) is 14. The molecule has 3 amide bonds. The number of benzene rings is 6. The van der Waals surface area contributed by atoms with Gasteiger partial charge in [0.05, 0.1) is 54.4 Å². The topological polar surface area (TPSA) is 282 Å². The number of sulfonamides is 1. The van der Waals surface area contributed by atoms with Gasteiger partial charge in [0, 0.05) is 77.3 Å². The average Bonchev–Trinajstić information content (AvgIpc) is 1.79. The summed E-state index contributed by atoms with van der Waals surface area (Å²) in [5.74, 6) is -1.09. The Morgan fingerprint density at radius 2 is 1.08 bits per heavy atom. The molecule has 9 aromatic rings. The Balaban J connectivity index is 0.000000144. The number of carbonyl (C=O) groups is 3. The van der Waals surface area contributed by atoms with E-state index in [0.29, 0.717) is 88.3 Å². The summed E-state index contributed by atoms with van der Waals surface area (Å²) >= 11 is 5.84. The van der Waals surface area contributed by atoms with E-state index in [9.17, 15) is 55.5 Å². The molecule has 3 aliphatic heterocycles. The van der Waals surface area contributed by atoms with Crippen molar-refractivity contribution in [3.63, 3.8) is 0 Å². The fourth-order valence-electron chi connectivity index (χ4n) is 11.2. The number of fused-ring (bicyclic) bond motifs is 6. The number of aromatic hydroxyl groups is 3. The van der Waals surface area contributed by atoms with Crippen LogP contribution in [0.5, 0.6) is 28.7 Å². The Morgan fingerprint density at radius 3 is 1.55 bits per heavy atom. The van der Waals surface area contributed by atoms with Crippen molar-refractivity contribution < 1.29 is 70.5 Å². The molecule has 4 aliphatic rings. The predicted octanol–water partition coefficient (Wildman–Crippen LogP) is 8.77. The molecule has 25 heteroatoms. The Kier molecular flexibility index (Phi) is 17.1. The molecule has 6 aromatic carbocycles. The van der Waals surface area contributed by atoms with Crippen molar-refractivity contribution in [1.29, 1.82) is 0 Å². The molecule has 1 atom stereocenters. The van der Waals surface area contributed by atoms with Crippen LogP contribution < -0.4 is 23.8 Å². The minimum absolute atomic E-state index is 0. The fourth-order valence-corrected chi connectivity index (χ4v) is 13.9. The number of methoxy groups -OCH3 is 2. The van der Waals surface area contributed by atoms with Gasteiger partial charge in [-0.05, 0) is 126 Å². The van der Waals surface area contributed by atoms with Gasteiger partial charge in [0.15, 0.2) is 17.2 Å². The molecular formula is C62H55ClF3N7O12S2. The highest BCUT2D eigenvalue weighted by molar-refractivity contribution is 8.06. The highest BCUT2D eigenvalue weighted by Gasteiger charge is 2.39. The molecule has 0 radical (unpaired) electrons. The predicted molar refractivity (Wildman–Crippen MR) is 321 cm³/mol. The Labute approximate surface area is 503 Å². The second kappa shape index (κ2) is 24.3. The highest BCUT2D eigenvalue weighted by atomic mass is 35.5. The van der Waals surface area contributed by atoms with E-state index in [1.165, 1.54) is 49.9 Å². The minimum atomic E-state index is -3.99. The van der Waals surface area contributed by atoms with Gasteiger partial charge in [-0.15, -0.1) is 0 Å². The molecular weight excluding hydrogens is 1190 g/mol. The standard InChI is InChI=1S/C23H21FN2O3.C20H18FN3O5S2.C19H14ClFN2O3.H2O/c1-29-22-17-9-15(8-13-4-6-16(24)7-5-13)10-25-20(17)21(27)19-18(22)12-26(23(19)28)11-14-2-3-14;1-30(27)24(31(2,28)29)18-14-8-12(7-11-3-5-13(21)6-4-11)9-22-17(14)19(25)16-15(18)10-23-20(16)26;1-26-18-11-5-10(4-9-2-3-14(21)13(20)6-9)7-22-16(11)17(24)15-12(18)8-23-19(15)25;/h4-7,9-10,14,27H,2-3,8,11-12H2,1H3;3-6,8-9,25H,7,10H2,1-2H3,(H,23,26);2-3,5-7,24H,4,8H2,1H3,(H,23,25);1H2. The van der Waals surface area contributed by atoms with E-state index in [2.05, 4.69) is 25.6 Å². The largest absolute Gasteiger partial charge is 0.505 e. The maximum atomic E-state index is 13.3. The molecule has 7 N–H and O–H groups in total. The van der Waals surface area contributed by atoms with E-state index in [1.807, 2.05) is 12.1 Å². The SMILES string of the molecule is COc1c2c(c(O)c3ncc(Cc4ccc(F)c(Cl)c4)cc13)C(=O)NC2.COc1c2c(c(O)c3ncc(Cc4ccc(F)cc4)cc13)C(=O)N(CC1CC1)C2.CS(=O)N(c1c2c(c(O)c3ncc(Cc4ccc(F)cc4)cc13)C(=O)NC2)S(C)(=O)=O.O. The van der Waals surface area contributed by atoms with Gasteiger partial charge in [-0.3, -0.25) is 29.3 Å². The number of anilines is 1. The molecule has 1 saturated carbocycles. The number of phenolic OH excluding ortho intramolecular Hbond substituents is 3. The van der Waals surface area contributed by atoms with E-state index >= 15 is 0 Å². The van der Waals surface area contributed by atoms with Crippen molar-refractivity contribution in [2.45, 2.75) is 51.7 Å². The van der Waals surface area contributed by atoms with Crippen LogP contribution in [0.3, 0.4) is 0 Å². The molecule has 0 saturated heterocycles. The number of carbonyl (C=O) groups excluding carboxylic acids is 3. The number of pyridine rings is 3. The quantitative estimate of drug-likeness (QED) is 0.0722. The van der Waals surface area contributed by atoms with Gasteiger partial charge < -0.3 is 45.8 Å². The number of hydrogen-bond donors (Lipinski definition) is 5. The van der Waals surface area contributed by atoms with Crippen LogP contribution in [0.25, 0.3) is 32.7 Å². The second-order valence-electron chi connectivity index (χ2n) is 21.2. The first kappa shape index (κ1) is 61.0. The third-order valence-corrected chi connectivity index (χ3v) is 18.4. The summed E-state index contributed by atoms with van der Waals surface area (Å²) in [6, 6.07) is 22.2. The van der Waals surface area contributed by atoms with Crippen molar-refractivity contribution in [2.75, 3.05) is 37.0 Å². The van der Waals surface area contributed by atoms with Gasteiger partial charge in [-0.25, -0.2) is 25.8 Å². The zero-order chi connectivity index (χ0) is 61.0. The number of halogens is 4. The lowest BCUT2D eigenvalue weighted by Crippen LogP contribution is -2.32. The molecule has 87 heavy (non-hydrogen) atoms. The minimum Gasteiger partial charge on any atom is -0.505 e. The van der Waals surface area contributed by atoms with Crippen LogP contribution >= 0.6 is 11.6 Å². The summed E-state index contributed by atoms with van der Waals surface area (Å²) in [5, 5.41) is 38.8. The van der Waals surface area contributed by atoms with Crippen LogP contribution in [0.1, 0.15) is 94.0 Å². The summed E-state index contributed by atoms with van der Waals surface area (Å²) in [6.07, 6.45) is 10.6. The lowest BCUT2D eigenvalue weighted by atomic mass is 9.99. The summed E-state index contributed by atoms with van der Waals surface area (Å²) in [6.45, 7) is 1.42. The first-order valence-corrected chi connectivity index (χ1v) is 30.6. The molecule has 1 aliphatic carbocycles. The Morgan fingerprint density at radius 1 is 0.644 bits per heavy atom. The van der Waals surface area contributed by atoms with Crippen molar-refractivity contribution in [3.05, 3.63) is 193 Å². The normalized spacial score (nSPS) is 14.3. The van der Waals surface area contributed by atoms with Gasteiger partial charge in [0.25, 0.3) is 17.7 Å².